The third-order valence-corrected chi connectivity index (χ3v) is 5.93. The van der Waals surface area contributed by atoms with Crippen LogP contribution >= 0.6 is 11.3 Å². The van der Waals surface area contributed by atoms with E-state index in [-0.39, 0.29) is 11.5 Å². The molecule has 7 nitrogen and oxygen atoms in total. The lowest BCUT2D eigenvalue weighted by Gasteiger charge is -2.07. The van der Waals surface area contributed by atoms with Gasteiger partial charge in [0.1, 0.15) is 9.88 Å². The van der Waals surface area contributed by atoms with E-state index in [1.165, 1.54) is 23.6 Å². The molecule has 0 spiro atoms. The maximum atomic E-state index is 12.6. The van der Waals surface area contributed by atoms with Gasteiger partial charge in [-0.3, -0.25) is 9.78 Å². The molecule has 0 unspecified atom stereocenters. The summed E-state index contributed by atoms with van der Waals surface area (Å²) in [6.07, 6.45) is 3.03. The number of hydrogen-bond donors (Lipinski definition) is 2. The molecule has 33 heavy (non-hydrogen) atoms. The molecule has 2 N–H and O–H groups in total. The summed E-state index contributed by atoms with van der Waals surface area (Å²) < 4.78 is 5.74. The second-order valence-electron chi connectivity index (χ2n) is 7.32. The SMILES string of the molecule is Cc1ncc(-c2ncc(C(=O)Nc3ccc(COCc4ccccc4)cc3)s2)cc1C(=O)O. The number of hydrogen-bond acceptors (Lipinski definition) is 6. The van der Waals surface area contributed by atoms with E-state index in [1.807, 2.05) is 54.6 Å². The highest BCUT2D eigenvalue weighted by Crippen LogP contribution is 2.27. The average Bonchev–Trinajstić information content (AvgIpc) is 3.32. The van der Waals surface area contributed by atoms with E-state index in [0.29, 0.717) is 40.0 Å². The van der Waals surface area contributed by atoms with Crippen LogP contribution in [-0.4, -0.2) is 27.0 Å². The Kier molecular flexibility index (Phi) is 6.87. The number of pyridine rings is 1. The van der Waals surface area contributed by atoms with Gasteiger partial charge in [0.05, 0.1) is 30.7 Å². The maximum Gasteiger partial charge on any atom is 0.337 e. The topological polar surface area (TPSA) is 101 Å². The van der Waals surface area contributed by atoms with Gasteiger partial charge >= 0.3 is 5.97 Å². The highest BCUT2D eigenvalue weighted by atomic mass is 32.1. The fourth-order valence-electron chi connectivity index (χ4n) is 3.12. The molecule has 4 rings (SSSR count). The molecule has 2 aromatic heterocycles. The fraction of sp³-hybridized carbons (Fsp3) is 0.120. The molecule has 8 heteroatoms. The number of carboxylic acids is 1. The summed E-state index contributed by atoms with van der Waals surface area (Å²) in [6, 6.07) is 18.9. The van der Waals surface area contributed by atoms with Crippen LogP contribution in [0.2, 0.25) is 0 Å². The van der Waals surface area contributed by atoms with Crippen molar-refractivity contribution < 1.29 is 19.4 Å². The number of nitrogens with zero attached hydrogens (tertiary/aromatic N) is 2. The molecule has 0 bridgehead atoms. The van der Waals surface area contributed by atoms with Gasteiger partial charge in [-0.25, -0.2) is 9.78 Å². The van der Waals surface area contributed by atoms with Crippen molar-refractivity contribution in [3.8, 4) is 10.6 Å². The summed E-state index contributed by atoms with van der Waals surface area (Å²) in [5.41, 5.74) is 3.88. The summed E-state index contributed by atoms with van der Waals surface area (Å²) in [4.78, 5) is 32.8. The second-order valence-corrected chi connectivity index (χ2v) is 8.35. The minimum Gasteiger partial charge on any atom is -0.478 e. The number of ether oxygens (including phenoxy) is 1. The van der Waals surface area contributed by atoms with Crippen molar-refractivity contribution >= 4 is 28.9 Å². The quantitative estimate of drug-likeness (QED) is 0.376. The van der Waals surface area contributed by atoms with Gasteiger partial charge < -0.3 is 15.2 Å². The third kappa shape index (κ3) is 5.68. The van der Waals surface area contributed by atoms with Crippen LogP contribution < -0.4 is 5.32 Å². The molecule has 0 saturated heterocycles. The van der Waals surface area contributed by atoms with Gasteiger partial charge in [0.2, 0.25) is 0 Å². The van der Waals surface area contributed by atoms with Crippen LogP contribution in [0.1, 0.15) is 36.9 Å². The number of anilines is 1. The van der Waals surface area contributed by atoms with Gasteiger partial charge in [-0.2, -0.15) is 0 Å². The Morgan fingerprint density at radius 3 is 2.36 bits per heavy atom. The van der Waals surface area contributed by atoms with E-state index < -0.39 is 5.97 Å². The van der Waals surface area contributed by atoms with E-state index in [4.69, 9.17) is 4.74 Å². The molecule has 2 heterocycles. The first-order valence-corrected chi connectivity index (χ1v) is 11.0. The number of benzene rings is 2. The number of aromatic carboxylic acids is 1. The molecule has 2 aromatic carbocycles. The van der Waals surface area contributed by atoms with Crippen LogP contribution in [0, 0.1) is 6.92 Å². The van der Waals surface area contributed by atoms with Crippen LogP contribution in [0.4, 0.5) is 5.69 Å². The van der Waals surface area contributed by atoms with Crippen molar-refractivity contribution in [2.45, 2.75) is 20.1 Å². The Hall–Kier alpha value is -3.88. The summed E-state index contributed by atoms with van der Waals surface area (Å²) in [6.45, 7) is 2.65. The maximum absolute atomic E-state index is 12.6. The molecule has 4 aromatic rings. The van der Waals surface area contributed by atoms with Crippen molar-refractivity contribution in [2.75, 3.05) is 5.32 Å². The van der Waals surface area contributed by atoms with Crippen LogP contribution in [0.3, 0.4) is 0 Å². The van der Waals surface area contributed by atoms with E-state index in [9.17, 15) is 14.7 Å². The predicted octanol–water partition coefficient (Wildman–Crippen LogP) is 5.18. The summed E-state index contributed by atoms with van der Waals surface area (Å²) in [7, 11) is 0. The lowest BCUT2D eigenvalue weighted by molar-refractivity contribution is 0.0695. The minimum absolute atomic E-state index is 0.113. The molecular weight excluding hydrogens is 438 g/mol. The highest BCUT2D eigenvalue weighted by molar-refractivity contribution is 7.17. The first kappa shape index (κ1) is 22.3. The van der Waals surface area contributed by atoms with Crippen molar-refractivity contribution in [1.82, 2.24) is 9.97 Å². The minimum atomic E-state index is -1.05. The van der Waals surface area contributed by atoms with E-state index >= 15 is 0 Å². The molecule has 0 aliphatic heterocycles. The van der Waals surface area contributed by atoms with Crippen LogP contribution in [0.25, 0.3) is 10.6 Å². The van der Waals surface area contributed by atoms with Gasteiger partial charge in [-0.1, -0.05) is 42.5 Å². The number of nitrogens with one attached hydrogen (secondary N) is 1. The monoisotopic (exact) mass is 459 g/mol. The Labute approximate surface area is 194 Å². The summed E-state index contributed by atoms with van der Waals surface area (Å²) >= 11 is 1.18. The number of carbonyl (C=O) groups is 2. The van der Waals surface area contributed by atoms with Crippen LogP contribution in [-0.2, 0) is 18.0 Å². The average molecular weight is 460 g/mol. The molecule has 1 amide bonds. The lowest BCUT2D eigenvalue weighted by atomic mass is 10.1. The zero-order chi connectivity index (χ0) is 23.2. The first-order chi connectivity index (χ1) is 16.0. The number of aryl methyl sites for hydroxylation is 1. The zero-order valence-electron chi connectivity index (χ0n) is 17.8. The van der Waals surface area contributed by atoms with Gasteiger partial charge in [-0.15, -0.1) is 11.3 Å². The Bertz CT molecular complexity index is 1270. The number of amides is 1. The zero-order valence-corrected chi connectivity index (χ0v) is 18.6. The third-order valence-electron chi connectivity index (χ3n) is 4.89. The van der Waals surface area contributed by atoms with Gasteiger partial charge in [0.15, 0.2) is 0 Å². The molecule has 0 aliphatic carbocycles. The molecule has 0 aliphatic rings. The van der Waals surface area contributed by atoms with Gasteiger partial charge in [0.25, 0.3) is 5.91 Å². The first-order valence-electron chi connectivity index (χ1n) is 10.2. The Balaban J connectivity index is 1.35. The fourth-order valence-corrected chi connectivity index (χ4v) is 3.91. The van der Waals surface area contributed by atoms with Crippen molar-refractivity contribution in [1.29, 1.82) is 0 Å². The largest absolute Gasteiger partial charge is 0.478 e. The Morgan fingerprint density at radius 1 is 0.970 bits per heavy atom. The molecule has 0 atom stereocenters. The number of rotatable bonds is 8. The van der Waals surface area contributed by atoms with Crippen molar-refractivity contribution in [3.05, 3.63) is 100 Å². The molecular formula is C25H21N3O4S. The van der Waals surface area contributed by atoms with Crippen molar-refractivity contribution in [2.24, 2.45) is 0 Å². The van der Waals surface area contributed by atoms with Crippen molar-refractivity contribution in [3.63, 3.8) is 0 Å². The number of aromatic nitrogens is 2. The molecule has 0 saturated carbocycles. The van der Waals surface area contributed by atoms with Crippen LogP contribution in [0.5, 0.6) is 0 Å². The summed E-state index contributed by atoms with van der Waals surface area (Å²) in [5.74, 6) is -1.34. The normalized spacial score (nSPS) is 10.7. The van der Waals surface area contributed by atoms with Crippen LogP contribution in [0.15, 0.2) is 73.1 Å². The smallest absolute Gasteiger partial charge is 0.337 e. The lowest BCUT2D eigenvalue weighted by Crippen LogP contribution is -2.10. The molecule has 166 valence electrons. The number of carboxylic acid groups (broad SMARTS) is 1. The standard InChI is InChI=1S/C25H21N3O4S/c1-16-21(25(30)31)11-19(12-26-16)24-27-13-22(33-24)23(29)28-20-9-7-18(8-10-20)15-32-14-17-5-3-2-4-6-17/h2-13H,14-15H2,1H3,(H,28,29)(H,30,31). The number of thiazole rings is 1. The summed E-state index contributed by atoms with van der Waals surface area (Å²) in [5, 5.41) is 12.7. The number of carbonyl (C=O) groups excluding carboxylic acids is 1. The predicted molar refractivity (Wildman–Crippen MR) is 126 cm³/mol. The highest BCUT2D eigenvalue weighted by Gasteiger charge is 2.15. The van der Waals surface area contributed by atoms with E-state index in [1.54, 1.807) is 13.1 Å². The van der Waals surface area contributed by atoms with E-state index in [0.717, 1.165) is 11.1 Å². The molecule has 0 radical (unpaired) electrons. The Morgan fingerprint density at radius 2 is 1.67 bits per heavy atom. The second kappa shape index (κ2) is 10.2. The molecule has 0 fully saturated rings. The van der Waals surface area contributed by atoms with Gasteiger partial charge in [-0.05, 0) is 36.2 Å². The van der Waals surface area contributed by atoms with E-state index in [2.05, 4.69) is 15.3 Å². The van der Waals surface area contributed by atoms with Gasteiger partial charge in [0, 0.05) is 17.4 Å².